The Morgan fingerprint density at radius 3 is 2.48 bits per heavy atom. The van der Waals surface area contributed by atoms with Gasteiger partial charge in [0, 0.05) is 45.4 Å². The summed E-state index contributed by atoms with van der Waals surface area (Å²) >= 11 is 0. The maximum absolute atomic E-state index is 12.1. The lowest BCUT2D eigenvalue weighted by atomic mass is 10.2. The van der Waals surface area contributed by atoms with Crippen molar-refractivity contribution < 1.29 is 14.3 Å². The Bertz CT molecular complexity index is 374. The van der Waals surface area contributed by atoms with Crippen LogP contribution in [-0.4, -0.2) is 74.6 Å². The average Bonchev–Trinajstić information content (AvgIpc) is 2.48. The molecule has 2 amide bonds. The summed E-state index contributed by atoms with van der Waals surface area (Å²) in [5, 5.41) is 2.80. The minimum atomic E-state index is 0.00823. The van der Waals surface area contributed by atoms with Crippen LogP contribution in [0.5, 0.6) is 0 Å². The number of rotatable bonds is 7. The van der Waals surface area contributed by atoms with E-state index in [4.69, 9.17) is 4.74 Å². The summed E-state index contributed by atoms with van der Waals surface area (Å²) in [6.45, 7) is 8.17. The van der Waals surface area contributed by atoms with Crippen LogP contribution in [0.15, 0.2) is 11.6 Å². The van der Waals surface area contributed by atoms with E-state index in [9.17, 15) is 9.59 Å². The van der Waals surface area contributed by atoms with Gasteiger partial charge in [-0.2, -0.15) is 0 Å². The van der Waals surface area contributed by atoms with Gasteiger partial charge in [0.15, 0.2) is 0 Å². The minimum absolute atomic E-state index is 0.00823. The van der Waals surface area contributed by atoms with Crippen molar-refractivity contribution in [2.45, 2.75) is 20.3 Å². The summed E-state index contributed by atoms with van der Waals surface area (Å²) in [6.07, 6.45) is 2.83. The van der Waals surface area contributed by atoms with Gasteiger partial charge >= 0.3 is 0 Å². The zero-order chi connectivity index (χ0) is 15.7. The lowest BCUT2D eigenvalue weighted by Gasteiger charge is -2.34. The number of methoxy groups -OCH3 is 1. The van der Waals surface area contributed by atoms with Crippen molar-refractivity contribution >= 4 is 11.8 Å². The molecule has 120 valence electrons. The van der Waals surface area contributed by atoms with Crippen molar-refractivity contribution in [3.05, 3.63) is 11.6 Å². The highest BCUT2D eigenvalue weighted by Gasteiger charge is 2.22. The van der Waals surface area contributed by atoms with Crippen molar-refractivity contribution in [1.82, 2.24) is 15.1 Å². The molecule has 1 N–H and O–H groups in total. The molecule has 0 aromatic rings. The molecule has 0 aromatic carbocycles. The van der Waals surface area contributed by atoms with Crippen molar-refractivity contribution in [3.8, 4) is 0 Å². The van der Waals surface area contributed by atoms with Crippen molar-refractivity contribution in [1.29, 1.82) is 0 Å². The van der Waals surface area contributed by atoms with E-state index < -0.39 is 0 Å². The normalized spacial score (nSPS) is 16.9. The van der Waals surface area contributed by atoms with E-state index in [1.165, 1.54) is 0 Å². The number of allylic oxidation sites excluding steroid dienone is 1. The molecule has 1 rings (SSSR count). The van der Waals surface area contributed by atoms with Crippen LogP contribution in [0.4, 0.5) is 0 Å². The molecule has 6 nitrogen and oxygen atoms in total. The summed E-state index contributed by atoms with van der Waals surface area (Å²) < 4.78 is 4.89. The zero-order valence-electron chi connectivity index (χ0n) is 13.4. The molecule has 1 aliphatic rings. The molecular weight excluding hydrogens is 270 g/mol. The number of ether oxygens (including phenoxy) is 1. The highest BCUT2D eigenvalue weighted by atomic mass is 16.5. The number of nitrogens with zero attached hydrogens (tertiary/aromatic N) is 2. The van der Waals surface area contributed by atoms with Gasteiger partial charge in [-0.05, 0) is 13.3 Å². The predicted octanol–water partition coefficient (Wildman–Crippen LogP) is 0.250. The number of hydrogen-bond donors (Lipinski definition) is 1. The van der Waals surface area contributed by atoms with Crippen LogP contribution in [-0.2, 0) is 14.3 Å². The molecule has 0 unspecified atom stereocenters. The van der Waals surface area contributed by atoms with E-state index in [0.717, 1.165) is 25.1 Å². The second-order valence-electron chi connectivity index (χ2n) is 5.21. The van der Waals surface area contributed by atoms with Gasteiger partial charge in [0.1, 0.15) is 0 Å². The smallest absolute Gasteiger partial charge is 0.249 e. The molecule has 1 saturated heterocycles. The summed E-state index contributed by atoms with van der Waals surface area (Å²) in [5.74, 6) is 0.120. The third kappa shape index (κ3) is 6.27. The number of carbonyl (C=O) groups excluding carboxylic acids is 2. The number of amides is 2. The molecule has 1 aliphatic heterocycles. The average molecular weight is 297 g/mol. The molecule has 0 radical (unpaired) electrons. The third-order valence-electron chi connectivity index (χ3n) is 3.50. The molecule has 0 aliphatic carbocycles. The summed E-state index contributed by atoms with van der Waals surface area (Å²) in [4.78, 5) is 27.8. The van der Waals surface area contributed by atoms with Crippen LogP contribution >= 0.6 is 0 Å². The standard InChI is InChI=1S/C15H27N3O3/c1-4-5-13(2)15(20)18-9-7-17(8-10-18)12-14(19)16-6-11-21-3/h5H,4,6-12H2,1-3H3,(H,16,19)/b13-5-. The van der Waals surface area contributed by atoms with Gasteiger partial charge in [-0.25, -0.2) is 0 Å². The van der Waals surface area contributed by atoms with Crippen LogP contribution in [0.25, 0.3) is 0 Å². The Morgan fingerprint density at radius 2 is 1.90 bits per heavy atom. The number of carbonyl (C=O) groups is 2. The van der Waals surface area contributed by atoms with E-state index in [0.29, 0.717) is 32.8 Å². The van der Waals surface area contributed by atoms with Gasteiger partial charge in [0.25, 0.3) is 0 Å². The zero-order valence-corrected chi connectivity index (χ0v) is 13.4. The number of nitrogens with one attached hydrogen (secondary N) is 1. The fourth-order valence-corrected chi connectivity index (χ4v) is 2.30. The predicted molar refractivity (Wildman–Crippen MR) is 82.0 cm³/mol. The van der Waals surface area contributed by atoms with Gasteiger partial charge in [0.2, 0.25) is 11.8 Å². The lowest BCUT2D eigenvalue weighted by Crippen LogP contribution is -2.51. The summed E-state index contributed by atoms with van der Waals surface area (Å²) in [6, 6.07) is 0. The molecule has 0 bridgehead atoms. The van der Waals surface area contributed by atoms with E-state index >= 15 is 0 Å². The SMILES string of the molecule is CC/C=C(/C)C(=O)N1CCN(CC(=O)NCCOC)CC1. The quantitative estimate of drug-likeness (QED) is 0.540. The first kappa shape index (κ1) is 17.7. The van der Waals surface area contributed by atoms with E-state index in [2.05, 4.69) is 10.2 Å². The second-order valence-corrected chi connectivity index (χ2v) is 5.21. The molecule has 21 heavy (non-hydrogen) atoms. The maximum atomic E-state index is 12.1. The minimum Gasteiger partial charge on any atom is -0.383 e. The molecule has 0 spiro atoms. The third-order valence-corrected chi connectivity index (χ3v) is 3.50. The second kappa shape index (κ2) is 9.52. The Morgan fingerprint density at radius 1 is 1.24 bits per heavy atom. The largest absolute Gasteiger partial charge is 0.383 e. The highest BCUT2D eigenvalue weighted by molar-refractivity contribution is 5.92. The molecule has 0 atom stereocenters. The molecule has 1 heterocycles. The molecule has 6 heteroatoms. The molecule has 0 aromatic heterocycles. The van der Waals surface area contributed by atoms with Crippen molar-refractivity contribution in [3.63, 3.8) is 0 Å². The highest BCUT2D eigenvalue weighted by Crippen LogP contribution is 2.07. The van der Waals surface area contributed by atoms with Gasteiger partial charge in [-0.15, -0.1) is 0 Å². The van der Waals surface area contributed by atoms with Gasteiger partial charge in [0.05, 0.1) is 13.2 Å². The van der Waals surface area contributed by atoms with Crippen LogP contribution in [0, 0.1) is 0 Å². The first-order valence-corrected chi connectivity index (χ1v) is 7.52. The number of hydrogen-bond acceptors (Lipinski definition) is 4. The van der Waals surface area contributed by atoms with Gasteiger partial charge < -0.3 is 15.0 Å². The Hall–Kier alpha value is -1.40. The fourth-order valence-electron chi connectivity index (χ4n) is 2.30. The monoisotopic (exact) mass is 297 g/mol. The number of piperazine rings is 1. The van der Waals surface area contributed by atoms with Gasteiger partial charge in [-0.3, -0.25) is 14.5 Å². The maximum Gasteiger partial charge on any atom is 0.249 e. The van der Waals surface area contributed by atoms with Crippen LogP contribution in [0.1, 0.15) is 20.3 Å². The fraction of sp³-hybridized carbons (Fsp3) is 0.733. The van der Waals surface area contributed by atoms with Crippen molar-refractivity contribution in [2.75, 3.05) is 53.0 Å². The Kier molecular flexibility index (Phi) is 8.00. The van der Waals surface area contributed by atoms with E-state index in [1.54, 1.807) is 7.11 Å². The lowest BCUT2D eigenvalue weighted by molar-refractivity contribution is -0.129. The van der Waals surface area contributed by atoms with E-state index in [-0.39, 0.29) is 11.8 Å². The van der Waals surface area contributed by atoms with Gasteiger partial charge in [-0.1, -0.05) is 13.0 Å². The topological polar surface area (TPSA) is 61.9 Å². The summed E-state index contributed by atoms with van der Waals surface area (Å²) in [7, 11) is 1.61. The first-order chi connectivity index (χ1) is 10.1. The molecular formula is C15H27N3O3. The Balaban J connectivity index is 2.30. The van der Waals surface area contributed by atoms with Crippen LogP contribution in [0.3, 0.4) is 0 Å². The van der Waals surface area contributed by atoms with Crippen molar-refractivity contribution in [2.24, 2.45) is 0 Å². The summed E-state index contributed by atoms with van der Waals surface area (Å²) in [5.41, 5.74) is 0.809. The van der Waals surface area contributed by atoms with Crippen LogP contribution < -0.4 is 5.32 Å². The Labute approximate surface area is 127 Å². The first-order valence-electron chi connectivity index (χ1n) is 7.52. The van der Waals surface area contributed by atoms with Crippen LogP contribution in [0.2, 0.25) is 0 Å². The molecule has 1 fully saturated rings. The molecule has 0 saturated carbocycles. The van der Waals surface area contributed by atoms with E-state index in [1.807, 2.05) is 24.8 Å².